The zero-order chi connectivity index (χ0) is 13.3. The van der Waals surface area contributed by atoms with E-state index >= 15 is 0 Å². The standard InChI is InChI=1S/C16H22O/c1-7-15(11-9-13(3)4)17-16(8-2)12-10-14(5)6/h7-12H,1,5H2,2-4,6H3/b12-10-,15-11+,16-8+. The molecule has 0 amide bonds. The van der Waals surface area contributed by atoms with Crippen molar-refractivity contribution in [2.75, 3.05) is 0 Å². The minimum Gasteiger partial charge on any atom is -0.458 e. The third-order valence-electron chi connectivity index (χ3n) is 1.83. The molecule has 0 aliphatic heterocycles. The molecule has 0 rings (SSSR count). The lowest BCUT2D eigenvalue weighted by Crippen LogP contribution is -1.88. The van der Waals surface area contributed by atoms with Crippen LogP contribution in [-0.4, -0.2) is 0 Å². The molecule has 0 heterocycles. The van der Waals surface area contributed by atoms with E-state index in [0.29, 0.717) is 0 Å². The molecule has 0 spiro atoms. The highest BCUT2D eigenvalue weighted by molar-refractivity contribution is 5.26. The summed E-state index contributed by atoms with van der Waals surface area (Å²) in [6.07, 6.45) is 11.3. The summed E-state index contributed by atoms with van der Waals surface area (Å²) in [6.45, 7) is 15.5. The second-order valence-electron chi connectivity index (χ2n) is 3.99. The van der Waals surface area contributed by atoms with E-state index in [2.05, 4.69) is 13.2 Å². The summed E-state index contributed by atoms with van der Waals surface area (Å²) in [4.78, 5) is 0. The summed E-state index contributed by atoms with van der Waals surface area (Å²) in [5.41, 5.74) is 2.20. The molecule has 0 aliphatic rings. The Bertz CT molecular complexity index is 386. The highest BCUT2D eigenvalue weighted by atomic mass is 16.5. The number of rotatable bonds is 6. The molecule has 0 aromatic carbocycles. The highest BCUT2D eigenvalue weighted by Gasteiger charge is 1.95. The molecule has 0 unspecified atom stereocenters. The van der Waals surface area contributed by atoms with E-state index < -0.39 is 0 Å². The molecule has 92 valence electrons. The van der Waals surface area contributed by atoms with E-state index in [1.54, 1.807) is 6.08 Å². The van der Waals surface area contributed by atoms with Gasteiger partial charge in [0.05, 0.1) is 0 Å². The SMILES string of the molecule is C=C/C(=C\C=C(C)C)OC(/C=C\C(=C)C)=C/C. The molecule has 0 aromatic rings. The molecular formula is C16H22O. The number of hydrogen-bond donors (Lipinski definition) is 0. The van der Waals surface area contributed by atoms with E-state index in [4.69, 9.17) is 4.74 Å². The molecule has 17 heavy (non-hydrogen) atoms. The van der Waals surface area contributed by atoms with E-state index in [1.165, 1.54) is 5.57 Å². The number of hydrogen-bond acceptors (Lipinski definition) is 1. The molecule has 0 radical (unpaired) electrons. The van der Waals surface area contributed by atoms with Crippen LogP contribution in [0.15, 0.2) is 72.3 Å². The van der Waals surface area contributed by atoms with Gasteiger partial charge in [-0.2, -0.15) is 0 Å². The zero-order valence-electron chi connectivity index (χ0n) is 11.3. The normalized spacial score (nSPS) is 12.5. The van der Waals surface area contributed by atoms with Gasteiger partial charge in [-0.3, -0.25) is 0 Å². The first kappa shape index (κ1) is 15.2. The molecule has 1 nitrogen and oxygen atoms in total. The lowest BCUT2D eigenvalue weighted by molar-refractivity contribution is 0.335. The van der Waals surface area contributed by atoms with Gasteiger partial charge in [0.1, 0.15) is 11.5 Å². The molecular weight excluding hydrogens is 208 g/mol. The molecule has 0 bridgehead atoms. The van der Waals surface area contributed by atoms with Crippen LogP contribution in [0.2, 0.25) is 0 Å². The van der Waals surface area contributed by atoms with Gasteiger partial charge in [0.2, 0.25) is 0 Å². The van der Waals surface area contributed by atoms with Crippen molar-refractivity contribution >= 4 is 0 Å². The lowest BCUT2D eigenvalue weighted by atomic mass is 10.3. The predicted molar refractivity (Wildman–Crippen MR) is 76.5 cm³/mol. The van der Waals surface area contributed by atoms with Gasteiger partial charge in [-0.15, -0.1) is 0 Å². The summed E-state index contributed by atoms with van der Waals surface area (Å²) in [5, 5.41) is 0. The van der Waals surface area contributed by atoms with Crippen molar-refractivity contribution in [3.63, 3.8) is 0 Å². The average molecular weight is 230 g/mol. The topological polar surface area (TPSA) is 9.23 Å². The van der Waals surface area contributed by atoms with E-state index in [0.717, 1.165) is 17.1 Å². The fourth-order valence-corrected chi connectivity index (χ4v) is 0.942. The van der Waals surface area contributed by atoms with Crippen LogP contribution in [0.4, 0.5) is 0 Å². The van der Waals surface area contributed by atoms with Crippen molar-refractivity contribution in [2.24, 2.45) is 0 Å². The summed E-state index contributed by atoms with van der Waals surface area (Å²) in [7, 11) is 0. The van der Waals surface area contributed by atoms with Gasteiger partial charge in [-0.1, -0.05) is 36.5 Å². The summed E-state index contributed by atoms with van der Waals surface area (Å²) in [6, 6.07) is 0. The third kappa shape index (κ3) is 8.09. The van der Waals surface area contributed by atoms with Crippen LogP contribution >= 0.6 is 0 Å². The van der Waals surface area contributed by atoms with Crippen molar-refractivity contribution in [1.82, 2.24) is 0 Å². The Hall–Kier alpha value is -1.76. The second-order valence-corrected chi connectivity index (χ2v) is 3.99. The van der Waals surface area contributed by atoms with Crippen molar-refractivity contribution in [1.29, 1.82) is 0 Å². The maximum absolute atomic E-state index is 5.68. The van der Waals surface area contributed by atoms with Crippen molar-refractivity contribution < 1.29 is 4.74 Å². The van der Waals surface area contributed by atoms with Crippen molar-refractivity contribution in [3.8, 4) is 0 Å². The third-order valence-corrected chi connectivity index (χ3v) is 1.83. The predicted octanol–water partition coefficient (Wildman–Crippen LogP) is 5.08. The fraction of sp³-hybridized carbons (Fsp3) is 0.250. The quantitative estimate of drug-likeness (QED) is 0.457. The van der Waals surface area contributed by atoms with E-state index in [-0.39, 0.29) is 0 Å². The van der Waals surface area contributed by atoms with E-state index in [9.17, 15) is 0 Å². The van der Waals surface area contributed by atoms with Crippen molar-refractivity contribution in [3.05, 3.63) is 72.3 Å². The fourth-order valence-electron chi connectivity index (χ4n) is 0.942. The number of allylic oxidation sites excluding steroid dienone is 8. The monoisotopic (exact) mass is 230 g/mol. The Morgan fingerprint density at radius 1 is 1.00 bits per heavy atom. The van der Waals surface area contributed by atoms with Crippen LogP contribution in [0.1, 0.15) is 27.7 Å². The maximum atomic E-state index is 5.68. The summed E-state index contributed by atoms with van der Waals surface area (Å²) in [5.74, 6) is 1.51. The van der Waals surface area contributed by atoms with Gasteiger partial charge in [0, 0.05) is 0 Å². The van der Waals surface area contributed by atoms with Gasteiger partial charge in [-0.25, -0.2) is 0 Å². The first-order valence-electron chi connectivity index (χ1n) is 5.65. The molecule has 0 atom stereocenters. The van der Waals surface area contributed by atoms with Crippen molar-refractivity contribution in [2.45, 2.75) is 27.7 Å². The van der Waals surface area contributed by atoms with Crippen LogP contribution in [0, 0.1) is 0 Å². The number of ether oxygens (including phenoxy) is 1. The van der Waals surface area contributed by atoms with Gasteiger partial charge in [0.25, 0.3) is 0 Å². The molecule has 1 heteroatoms. The van der Waals surface area contributed by atoms with Gasteiger partial charge in [0.15, 0.2) is 0 Å². The van der Waals surface area contributed by atoms with Crippen LogP contribution in [-0.2, 0) is 4.74 Å². The zero-order valence-corrected chi connectivity index (χ0v) is 11.3. The molecule has 0 saturated heterocycles. The van der Waals surface area contributed by atoms with Crippen LogP contribution in [0.5, 0.6) is 0 Å². The Balaban J connectivity index is 4.77. The molecule has 0 saturated carbocycles. The van der Waals surface area contributed by atoms with Gasteiger partial charge in [-0.05, 0) is 52.0 Å². The average Bonchev–Trinajstić information content (AvgIpc) is 2.27. The molecule has 0 aromatic heterocycles. The smallest absolute Gasteiger partial charge is 0.126 e. The first-order valence-corrected chi connectivity index (χ1v) is 5.65. The van der Waals surface area contributed by atoms with E-state index in [1.807, 2.05) is 58.1 Å². The van der Waals surface area contributed by atoms with Gasteiger partial charge < -0.3 is 4.74 Å². The second kappa shape index (κ2) is 8.40. The Kier molecular flexibility index (Phi) is 7.53. The first-order chi connectivity index (χ1) is 7.99. The minimum absolute atomic E-state index is 0.727. The lowest BCUT2D eigenvalue weighted by Gasteiger charge is -2.06. The largest absolute Gasteiger partial charge is 0.458 e. The maximum Gasteiger partial charge on any atom is 0.126 e. The van der Waals surface area contributed by atoms with Crippen LogP contribution < -0.4 is 0 Å². The molecule has 0 fully saturated rings. The molecule has 0 N–H and O–H groups in total. The summed E-state index contributed by atoms with van der Waals surface area (Å²) < 4.78 is 5.68. The summed E-state index contributed by atoms with van der Waals surface area (Å²) >= 11 is 0. The van der Waals surface area contributed by atoms with Crippen LogP contribution in [0.25, 0.3) is 0 Å². The Labute approximate surface area is 105 Å². The van der Waals surface area contributed by atoms with Gasteiger partial charge >= 0.3 is 0 Å². The molecule has 0 aliphatic carbocycles. The minimum atomic E-state index is 0.727. The van der Waals surface area contributed by atoms with Crippen LogP contribution in [0.3, 0.4) is 0 Å². The Morgan fingerprint density at radius 2 is 1.65 bits per heavy atom. The highest BCUT2D eigenvalue weighted by Crippen LogP contribution is 2.10. The Morgan fingerprint density at radius 3 is 2.06 bits per heavy atom.